The summed E-state index contributed by atoms with van der Waals surface area (Å²) in [7, 11) is 0. The maximum absolute atomic E-state index is 12.9. The van der Waals surface area contributed by atoms with Crippen molar-refractivity contribution in [1.29, 1.82) is 0 Å². The average Bonchev–Trinajstić information content (AvgIpc) is 2.66. The number of aromatic nitrogens is 2. The molecule has 1 N–H and O–H groups in total. The Bertz CT molecular complexity index is 859. The van der Waals surface area contributed by atoms with Gasteiger partial charge in [0.1, 0.15) is 6.54 Å². The van der Waals surface area contributed by atoms with Crippen molar-refractivity contribution < 1.29 is 14.3 Å². The van der Waals surface area contributed by atoms with Crippen LogP contribution in [0.2, 0.25) is 0 Å². The largest absolute Gasteiger partial charge is 0.465 e. The molecular weight excluding hydrogens is 310 g/mol. The minimum Gasteiger partial charge on any atom is -0.465 e. The van der Waals surface area contributed by atoms with E-state index in [1.807, 2.05) is 0 Å². The number of pyridine rings is 2. The second-order valence-corrected chi connectivity index (χ2v) is 5.45. The van der Waals surface area contributed by atoms with Gasteiger partial charge in [-0.1, -0.05) is 6.07 Å². The van der Waals surface area contributed by atoms with Crippen molar-refractivity contribution in [1.82, 2.24) is 9.97 Å². The van der Waals surface area contributed by atoms with Gasteiger partial charge in [0, 0.05) is 18.0 Å². The Kier molecular flexibility index (Phi) is 4.16. The van der Waals surface area contributed by atoms with Crippen molar-refractivity contribution in [3.8, 4) is 11.1 Å². The van der Waals surface area contributed by atoms with Gasteiger partial charge in [-0.25, -0.2) is 0 Å². The second kappa shape index (κ2) is 6.27. The number of amides is 1. The topological polar surface area (TPSA) is 92.4 Å². The van der Waals surface area contributed by atoms with Gasteiger partial charge < -0.3 is 9.72 Å². The molecule has 7 nitrogen and oxygen atoms in total. The first-order chi connectivity index (χ1) is 11.5. The van der Waals surface area contributed by atoms with E-state index in [-0.39, 0.29) is 24.6 Å². The van der Waals surface area contributed by atoms with Gasteiger partial charge in [0.25, 0.3) is 5.56 Å². The molecule has 0 fully saturated rings. The molecule has 3 rings (SSSR count). The Balaban J connectivity index is 2.22. The van der Waals surface area contributed by atoms with Gasteiger partial charge in [-0.3, -0.25) is 24.3 Å². The molecule has 1 atom stereocenters. The molecule has 0 bridgehead atoms. The Labute approximate surface area is 138 Å². The van der Waals surface area contributed by atoms with E-state index in [9.17, 15) is 14.4 Å². The lowest BCUT2D eigenvalue weighted by Gasteiger charge is -2.23. The molecule has 0 spiro atoms. The van der Waals surface area contributed by atoms with Crippen LogP contribution < -0.4 is 10.5 Å². The highest BCUT2D eigenvalue weighted by molar-refractivity contribution is 6.06. The lowest BCUT2D eigenvalue weighted by molar-refractivity contribution is -0.142. The quantitative estimate of drug-likeness (QED) is 0.861. The summed E-state index contributed by atoms with van der Waals surface area (Å²) in [6, 6.07) is 5.09. The van der Waals surface area contributed by atoms with E-state index in [0.29, 0.717) is 22.5 Å². The molecule has 7 heteroatoms. The first kappa shape index (κ1) is 15.9. The molecule has 0 aromatic carbocycles. The van der Waals surface area contributed by atoms with Crippen molar-refractivity contribution in [2.24, 2.45) is 0 Å². The minimum atomic E-state index is -0.581. The smallest absolute Gasteiger partial charge is 0.326 e. The van der Waals surface area contributed by atoms with Crippen molar-refractivity contribution in [2.75, 3.05) is 18.1 Å². The maximum atomic E-state index is 12.9. The number of ether oxygens (including phenoxy) is 1. The third-order valence-electron chi connectivity index (χ3n) is 3.98. The number of H-pyrrole nitrogens is 1. The van der Waals surface area contributed by atoms with Crippen molar-refractivity contribution >= 4 is 17.6 Å². The summed E-state index contributed by atoms with van der Waals surface area (Å²) in [6.45, 7) is 3.39. The molecule has 1 unspecified atom stereocenters. The lowest BCUT2D eigenvalue weighted by Crippen LogP contribution is -2.39. The minimum absolute atomic E-state index is 0.223. The molecule has 2 aromatic rings. The van der Waals surface area contributed by atoms with Crippen LogP contribution >= 0.6 is 0 Å². The summed E-state index contributed by atoms with van der Waals surface area (Å²) < 4.78 is 4.96. The van der Waals surface area contributed by atoms with Gasteiger partial charge in [0.15, 0.2) is 0 Å². The van der Waals surface area contributed by atoms with Gasteiger partial charge in [0.05, 0.1) is 29.5 Å². The molecule has 0 radical (unpaired) electrons. The van der Waals surface area contributed by atoms with E-state index in [2.05, 4.69) is 9.97 Å². The molecule has 0 aliphatic carbocycles. The van der Waals surface area contributed by atoms with Crippen LogP contribution in [0.25, 0.3) is 11.1 Å². The zero-order valence-corrected chi connectivity index (χ0v) is 13.4. The monoisotopic (exact) mass is 327 g/mol. The fourth-order valence-electron chi connectivity index (χ4n) is 2.90. The first-order valence-corrected chi connectivity index (χ1v) is 7.68. The zero-order valence-electron chi connectivity index (χ0n) is 13.4. The predicted molar refractivity (Wildman–Crippen MR) is 87.7 cm³/mol. The molecule has 2 aromatic heterocycles. The van der Waals surface area contributed by atoms with Gasteiger partial charge in [-0.15, -0.1) is 0 Å². The van der Waals surface area contributed by atoms with Crippen LogP contribution in [0.1, 0.15) is 25.5 Å². The van der Waals surface area contributed by atoms with E-state index in [0.717, 1.165) is 0 Å². The number of carbonyl (C=O) groups is 2. The number of carbonyl (C=O) groups excluding carboxylic acids is 2. The molecule has 0 saturated carbocycles. The number of hydrogen-bond donors (Lipinski definition) is 1. The van der Waals surface area contributed by atoms with Crippen LogP contribution in [0.5, 0.6) is 0 Å². The normalized spacial score (nSPS) is 16.2. The zero-order chi connectivity index (χ0) is 17.3. The lowest BCUT2D eigenvalue weighted by atomic mass is 9.98. The van der Waals surface area contributed by atoms with Crippen molar-refractivity contribution in [3.63, 3.8) is 0 Å². The first-order valence-electron chi connectivity index (χ1n) is 7.68. The fraction of sp³-hybridized carbons (Fsp3) is 0.294. The van der Waals surface area contributed by atoms with Gasteiger partial charge in [-0.2, -0.15) is 0 Å². The summed E-state index contributed by atoms with van der Waals surface area (Å²) in [4.78, 5) is 45.4. The predicted octanol–water partition coefficient (Wildman–Crippen LogP) is 1.45. The van der Waals surface area contributed by atoms with E-state index >= 15 is 0 Å². The van der Waals surface area contributed by atoms with Crippen molar-refractivity contribution in [2.45, 2.75) is 19.8 Å². The van der Waals surface area contributed by atoms with Crippen LogP contribution in [-0.2, 0) is 14.3 Å². The number of hydrogen-bond acceptors (Lipinski definition) is 5. The molecule has 24 heavy (non-hydrogen) atoms. The third kappa shape index (κ3) is 2.58. The molecule has 0 saturated heterocycles. The van der Waals surface area contributed by atoms with E-state index in [1.165, 1.54) is 11.1 Å². The highest BCUT2D eigenvalue weighted by Gasteiger charge is 2.34. The Morgan fingerprint density at radius 2 is 2.17 bits per heavy atom. The Hall–Kier alpha value is -2.96. The van der Waals surface area contributed by atoms with E-state index in [1.54, 1.807) is 38.2 Å². The molecule has 1 aliphatic rings. The molecule has 1 aliphatic heterocycles. The Morgan fingerprint density at radius 1 is 1.38 bits per heavy atom. The van der Waals surface area contributed by atoms with E-state index < -0.39 is 11.9 Å². The van der Waals surface area contributed by atoms with Crippen molar-refractivity contribution in [3.05, 3.63) is 46.6 Å². The van der Waals surface area contributed by atoms with Crippen LogP contribution in [0.4, 0.5) is 5.69 Å². The number of esters is 1. The Morgan fingerprint density at radius 3 is 2.92 bits per heavy atom. The summed E-state index contributed by atoms with van der Waals surface area (Å²) in [5.74, 6) is -1.40. The molecular formula is C17H17N3O4. The number of anilines is 1. The summed E-state index contributed by atoms with van der Waals surface area (Å²) in [5, 5.41) is 0. The van der Waals surface area contributed by atoms with Crippen LogP contribution in [0.15, 0.2) is 35.4 Å². The number of nitrogens with zero attached hydrogens (tertiary/aromatic N) is 2. The summed E-state index contributed by atoms with van der Waals surface area (Å²) in [5.41, 5.74) is 1.50. The average molecular weight is 327 g/mol. The van der Waals surface area contributed by atoms with Crippen LogP contribution in [0.3, 0.4) is 0 Å². The molecule has 124 valence electrons. The fourth-order valence-corrected chi connectivity index (χ4v) is 2.90. The van der Waals surface area contributed by atoms with Gasteiger partial charge in [-0.05, 0) is 26.0 Å². The summed E-state index contributed by atoms with van der Waals surface area (Å²) >= 11 is 0. The van der Waals surface area contributed by atoms with Crippen LogP contribution in [0, 0.1) is 0 Å². The number of fused-ring (bicyclic) bond motifs is 3. The second-order valence-electron chi connectivity index (χ2n) is 5.45. The standard InChI is InChI=1S/C17H17N3O4/c1-3-24-13(21)9-20-12-6-8-19-16(22)14(12)11-5-4-7-18-15(11)10(2)17(20)23/h4-8,10H,3,9H2,1-2H3,(H,19,22). The number of rotatable bonds is 3. The number of aromatic amines is 1. The molecule has 1 amide bonds. The maximum Gasteiger partial charge on any atom is 0.326 e. The number of nitrogens with one attached hydrogen (secondary N) is 1. The van der Waals surface area contributed by atoms with Crippen LogP contribution in [-0.4, -0.2) is 35.0 Å². The molecule has 3 heterocycles. The van der Waals surface area contributed by atoms with Gasteiger partial charge in [0.2, 0.25) is 5.91 Å². The third-order valence-corrected chi connectivity index (χ3v) is 3.98. The van der Waals surface area contributed by atoms with E-state index in [4.69, 9.17) is 4.74 Å². The summed E-state index contributed by atoms with van der Waals surface area (Å²) in [6.07, 6.45) is 3.04. The highest BCUT2D eigenvalue weighted by atomic mass is 16.5. The van der Waals surface area contributed by atoms with Gasteiger partial charge >= 0.3 is 5.97 Å². The highest BCUT2D eigenvalue weighted by Crippen LogP contribution is 2.37. The SMILES string of the molecule is CCOC(=O)CN1C(=O)C(C)c2ncccc2-c2c1cc[nH]c2=O.